The number of halogens is 2. The van der Waals surface area contributed by atoms with E-state index >= 15 is 4.39 Å². The Bertz CT molecular complexity index is 1170. The van der Waals surface area contributed by atoms with Crippen LogP contribution in [0.25, 0.3) is 0 Å². The second-order valence-electron chi connectivity index (χ2n) is 6.53. The second-order valence-corrected chi connectivity index (χ2v) is 6.93. The minimum absolute atomic E-state index is 0.253. The second kappa shape index (κ2) is 10.1. The van der Waals surface area contributed by atoms with Gasteiger partial charge >= 0.3 is 0 Å². The van der Waals surface area contributed by atoms with E-state index in [1.54, 1.807) is 48.5 Å². The lowest BCUT2D eigenvalue weighted by Gasteiger charge is -2.16. The fraction of sp³-hybridized carbons (Fsp3) is 0.182. The highest BCUT2D eigenvalue weighted by molar-refractivity contribution is 6.48. The van der Waals surface area contributed by atoms with Gasteiger partial charge in [-0.1, -0.05) is 46.2 Å². The number of ether oxygens (including phenoxy) is 2. The molecule has 0 fully saturated rings. The van der Waals surface area contributed by atoms with Crippen LogP contribution in [0.15, 0.2) is 65.2 Å². The summed E-state index contributed by atoms with van der Waals surface area (Å²) in [6.07, 6.45) is 2.57. The Labute approximate surface area is 188 Å². The molecule has 3 aromatic rings. The highest BCUT2D eigenvalue weighted by atomic mass is 35.5. The van der Waals surface area contributed by atoms with Gasteiger partial charge in [0.1, 0.15) is 43.0 Å². The summed E-state index contributed by atoms with van der Waals surface area (Å²) in [4.78, 5) is 18.0. The minimum atomic E-state index is -0.884. The largest absolute Gasteiger partial charge is 0.436 e. The molecule has 0 saturated carbocycles. The van der Waals surface area contributed by atoms with Crippen LogP contribution in [0.1, 0.15) is 18.4 Å². The van der Waals surface area contributed by atoms with E-state index in [4.69, 9.17) is 30.7 Å². The molecule has 10 heteroatoms. The van der Waals surface area contributed by atoms with E-state index in [-0.39, 0.29) is 23.3 Å². The molecule has 32 heavy (non-hydrogen) atoms. The predicted octanol–water partition coefficient (Wildman–Crippen LogP) is 5.37. The van der Waals surface area contributed by atoms with E-state index in [1.807, 2.05) is 0 Å². The van der Waals surface area contributed by atoms with Gasteiger partial charge in [-0.3, -0.25) is 0 Å². The van der Waals surface area contributed by atoms with Crippen molar-refractivity contribution in [2.24, 2.45) is 10.3 Å². The first-order chi connectivity index (χ1) is 15.7. The van der Waals surface area contributed by atoms with Crippen LogP contribution in [0.4, 0.5) is 4.39 Å². The summed E-state index contributed by atoms with van der Waals surface area (Å²) in [6, 6.07) is 13.6. The van der Waals surface area contributed by atoms with Crippen LogP contribution < -0.4 is 9.47 Å². The molecular weight excluding hydrogens is 439 g/mol. The maximum atomic E-state index is 15.1. The van der Waals surface area contributed by atoms with Gasteiger partial charge in [0.15, 0.2) is 0 Å². The Balaban J connectivity index is 1.66. The lowest BCUT2D eigenvalue weighted by molar-refractivity contribution is 0.132. The zero-order valence-electron chi connectivity index (χ0n) is 17.0. The third kappa shape index (κ3) is 4.78. The van der Waals surface area contributed by atoms with Gasteiger partial charge in [-0.15, -0.1) is 0 Å². The Morgan fingerprint density at radius 1 is 1.03 bits per heavy atom. The molecule has 0 atom stereocenters. The zero-order valence-corrected chi connectivity index (χ0v) is 17.8. The summed E-state index contributed by atoms with van der Waals surface area (Å²) in [5, 5.41) is 8.48. The summed E-state index contributed by atoms with van der Waals surface area (Å²) >= 11 is 6.09. The fourth-order valence-electron chi connectivity index (χ4n) is 2.95. The highest BCUT2D eigenvalue weighted by Crippen LogP contribution is 2.33. The summed E-state index contributed by atoms with van der Waals surface area (Å²) < 4.78 is 26.4. The molecule has 4 rings (SSSR count). The van der Waals surface area contributed by atoms with E-state index in [9.17, 15) is 0 Å². The average molecular weight is 457 g/mol. The number of rotatable bonds is 7. The molecule has 1 aromatic heterocycles. The highest BCUT2D eigenvalue weighted by Gasteiger charge is 2.23. The number of hydrogen-bond acceptors (Lipinski definition) is 8. The molecule has 0 N–H and O–H groups in total. The van der Waals surface area contributed by atoms with Crippen molar-refractivity contribution in [2.75, 3.05) is 13.7 Å². The van der Waals surface area contributed by atoms with E-state index in [2.05, 4.69) is 20.3 Å². The molecule has 0 bridgehead atoms. The molecule has 0 unspecified atom stereocenters. The van der Waals surface area contributed by atoms with Crippen LogP contribution in [0.3, 0.4) is 0 Å². The van der Waals surface area contributed by atoms with Crippen LogP contribution in [-0.4, -0.2) is 35.1 Å². The van der Waals surface area contributed by atoms with Crippen LogP contribution in [0.2, 0.25) is 5.02 Å². The third-order valence-corrected chi connectivity index (χ3v) is 4.71. The van der Waals surface area contributed by atoms with Gasteiger partial charge < -0.3 is 19.1 Å². The van der Waals surface area contributed by atoms with Crippen LogP contribution in [0, 0.1) is 5.82 Å². The summed E-state index contributed by atoms with van der Waals surface area (Å²) in [6.45, 7) is 0.530. The van der Waals surface area contributed by atoms with Crippen molar-refractivity contribution in [1.29, 1.82) is 0 Å². The number of aromatic nitrogens is 2. The van der Waals surface area contributed by atoms with E-state index in [0.29, 0.717) is 35.0 Å². The Morgan fingerprint density at radius 3 is 2.41 bits per heavy atom. The van der Waals surface area contributed by atoms with Crippen molar-refractivity contribution in [3.63, 3.8) is 0 Å². The SMILES string of the molecule is CON=C(C1=NOCCC1)c1ccccc1Oc1ncnc(Oc2ccccc2Cl)c1F. The molecule has 2 heterocycles. The van der Waals surface area contributed by atoms with E-state index in [1.165, 1.54) is 7.11 Å². The normalized spacial score (nSPS) is 13.7. The molecule has 2 aromatic carbocycles. The number of nitrogens with zero attached hydrogens (tertiary/aromatic N) is 4. The standard InChI is InChI=1S/C22H18ClFN4O4/c1-29-28-20(16-9-6-12-30-27-16)14-7-2-4-10-17(14)31-21-19(24)22(26-13-25-21)32-18-11-5-3-8-15(18)23/h2-5,7-8,10-11,13H,6,9,12H2,1H3. The molecule has 8 nitrogen and oxygen atoms in total. The van der Waals surface area contributed by atoms with E-state index in [0.717, 1.165) is 12.7 Å². The van der Waals surface area contributed by atoms with Crippen LogP contribution >= 0.6 is 11.6 Å². The van der Waals surface area contributed by atoms with E-state index < -0.39 is 5.82 Å². The first kappa shape index (κ1) is 21.5. The Kier molecular flexibility index (Phi) is 6.76. The van der Waals surface area contributed by atoms with Crippen LogP contribution in [-0.2, 0) is 9.68 Å². The van der Waals surface area contributed by atoms with Gasteiger partial charge in [-0.2, -0.15) is 14.4 Å². The van der Waals surface area contributed by atoms with Gasteiger partial charge in [-0.05, 0) is 37.1 Å². The monoisotopic (exact) mass is 456 g/mol. The molecule has 164 valence electrons. The first-order valence-corrected chi connectivity index (χ1v) is 10.1. The molecule has 0 radical (unpaired) electrons. The van der Waals surface area contributed by atoms with Gasteiger partial charge in [0, 0.05) is 5.56 Å². The first-order valence-electron chi connectivity index (χ1n) is 9.68. The maximum Gasteiger partial charge on any atom is 0.263 e. The van der Waals surface area contributed by atoms with Gasteiger partial charge in [0.05, 0.1) is 5.02 Å². The average Bonchev–Trinajstić information content (AvgIpc) is 2.82. The molecule has 1 aliphatic heterocycles. The smallest absolute Gasteiger partial charge is 0.263 e. The summed E-state index contributed by atoms with van der Waals surface area (Å²) in [5.41, 5.74) is 1.55. The summed E-state index contributed by atoms with van der Waals surface area (Å²) in [5.74, 6) is -0.990. The maximum absolute atomic E-state index is 15.1. The molecular formula is C22H18ClFN4O4. The third-order valence-electron chi connectivity index (χ3n) is 4.40. The number of benzene rings is 2. The number of oxime groups is 2. The lowest BCUT2D eigenvalue weighted by Crippen LogP contribution is -2.21. The lowest BCUT2D eigenvalue weighted by atomic mass is 10.0. The van der Waals surface area contributed by atoms with Crippen molar-refractivity contribution < 1.29 is 23.5 Å². The molecule has 0 aliphatic carbocycles. The fourth-order valence-corrected chi connectivity index (χ4v) is 3.13. The van der Waals surface area contributed by atoms with Gasteiger partial charge in [0.2, 0.25) is 5.82 Å². The van der Waals surface area contributed by atoms with Crippen molar-refractivity contribution in [2.45, 2.75) is 12.8 Å². The van der Waals surface area contributed by atoms with Crippen molar-refractivity contribution >= 4 is 23.0 Å². The predicted molar refractivity (Wildman–Crippen MR) is 116 cm³/mol. The Morgan fingerprint density at radius 2 is 1.72 bits per heavy atom. The van der Waals surface area contributed by atoms with Crippen molar-refractivity contribution in [3.05, 3.63) is 71.3 Å². The summed E-state index contributed by atoms with van der Waals surface area (Å²) in [7, 11) is 1.43. The number of para-hydroxylation sites is 2. The Hall–Kier alpha value is -3.72. The van der Waals surface area contributed by atoms with Crippen LogP contribution in [0.5, 0.6) is 23.3 Å². The number of hydrogen-bond donors (Lipinski definition) is 0. The van der Waals surface area contributed by atoms with Gasteiger partial charge in [0.25, 0.3) is 11.8 Å². The molecule has 0 spiro atoms. The van der Waals surface area contributed by atoms with Gasteiger partial charge in [-0.25, -0.2) is 0 Å². The zero-order chi connectivity index (χ0) is 22.3. The quantitative estimate of drug-likeness (QED) is 0.351. The molecule has 1 aliphatic rings. The molecule has 0 amide bonds. The minimum Gasteiger partial charge on any atom is -0.436 e. The molecule has 0 saturated heterocycles. The van der Waals surface area contributed by atoms with Crippen molar-refractivity contribution in [1.82, 2.24) is 9.97 Å². The van der Waals surface area contributed by atoms with Crippen molar-refractivity contribution in [3.8, 4) is 23.3 Å². The topological polar surface area (TPSA) is 87.4 Å².